The number of rotatable bonds is 7. The van der Waals surface area contributed by atoms with Gasteiger partial charge in [-0.2, -0.15) is 4.98 Å². The number of hydrogen-bond acceptors (Lipinski definition) is 6. The minimum atomic E-state index is -0.713. The number of nitrogens with zero attached hydrogens (tertiary/aromatic N) is 4. The number of carboxylic acid groups (broad SMARTS) is 1. The molecule has 1 fully saturated rings. The van der Waals surface area contributed by atoms with Gasteiger partial charge in [-0.05, 0) is 61.3 Å². The first-order valence-corrected chi connectivity index (χ1v) is 12.7. The van der Waals surface area contributed by atoms with E-state index in [9.17, 15) is 4.79 Å². The van der Waals surface area contributed by atoms with Crippen LogP contribution in [0.3, 0.4) is 0 Å². The molecule has 1 saturated carbocycles. The lowest BCUT2D eigenvalue weighted by molar-refractivity contribution is -0.138. The highest BCUT2D eigenvalue weighted by Crippen LogP contribution is 2.37. The fourth-order valence-corrected chi connectivity index (χ4v) is 5.29. The normalized spacial score (nSPS) is 18.9. The van der Waals surface area contributed by atoms with E-state index in [1.54, 1.807) is 30.6 Å². The third-order valence-corrected chi connectivity index (χ3v) is 7.47. The Hall–Kier alpha value is -3.88. The Balaban J connectivity index is 1.30. The number of aromatic amines is 1. The number of aromatic nitrogens is 5. The molecule has 3 aromatic heterocycles. The topological polar surface area (TPSA) is 114 Å². The van der Waals surface area contributed by atoms with Crippen molar-refractivity contribution in [2.75, 3.05) is 7.11 Å². The number of imidazole rings is 1. The molecule has 3 heterocycles. The van der Waals surface area contributed by atoms with Crippen LogP contribution in [0.5, 0.6) is 5.88 Å². The fourth-order valence-electron chi connectivity index (χ4n) is 5.29. The van der Waals surface area contributed by atoms with Crippen molar-refractivity contribution >= 4 is 17.1 Å². The Morgan fingerprint density at radius 3 is 2.65 bits per heavy atom. The van der Waals surface area contributed by atoms with Gasteiger partial charge in [-0.3, -0.25) is 4.79 Å². The third kappa shape index (κ3) is 5.45. The van der Waals surface area contributed by atoms with Crippen LogP contribution in [0.2, 0.25) is 0 Å². The molecule has 0 radical (unpaired) electrons. The minimum Gasteiger partial charge on any atom is -0.481 e. The maximum absolute atomic E-state index is 15.1. The average molecular weight is 504 g/mol. The second-order valence-electron chi connectivity index (χ2n) is 9.86. The summed E-state index contributed by atoms with van der Waals surface area (Å²) >= 11 is 0. The number of carbonyl (C=O) groups is 1. The van der Waals surface area contributed by atoms with Crippen molar-refractivity contribution < 1.29 is 19.0 Å². The highest BCUT2D eigenvalue weighted by Gasteiger charge is 2.26. The fraction of sp³-hybridized carbons (Fsp3) is 0.393. The van der Waals surface area contributed by atoms with Crippen molar-refractivity contribution in [1.29, 1.82) is 0 Å². The molecule has 0 spiro atoms. The Labute approximate surface area is 214 Å². The van der Waals surface area contributed by atoms with E-state index in [1.807, 2.05) is 6.07 Å². The van der Waals surface area contributed by atoms with Gasteiger partial charge in [0, 0.05) is 36.4 Å². The van der Waals surface area contributed by atoms with Gasteiger partial charge < -0.3 is 14.8 Å². The van der Waals surface area contributed by atoms with E-state index in [-0.39, 0.29) is 18.3 Å². The van der Waals surface area contributed by atoms with Crippen molar-refractivity contribution in [2.24, 2.45) is 11.8 Å². The molecule has 0 saturated heterocycles. The van der Waals surface area contributed by atoms with Crippen molar-refractivity contribution in [3.8, 4) is 28.4 Å². The molecule has 37 heavy (non-hydrogen) atoms. The predicted octanol–water partition coefficient (Wildman–Crippen LogP) is 6.00. The molecule has 192 valence electrons. The number of fused-ring (bicyclic) bond motifs is 1. The largest absolute Gasteiger partial charge is 0.481 e. The first kappa shape index (κ1) is 24.8. The molecule has 1 aromatic carbocycles. The Kier molecular flexibility index (Phi) is 7.12. The SMILES string of the molecule is COc1ccc2[nH]c(-c3ccc(-c4cnc(C(C)C5CCCC(CC(=O)O)CC5)nc4)cc3F)nc2n1. The van der Waals surface area contributed by atoms with Crippen LogP contribution in [0.1, 0.15) is 57.2 Å². The van der Waals surface area contributed by atoms with E-state index in [2.05, 4.69) is 31.8 Å². The van der Waals surface area contributed by atoms with Gasteiger partial charge in [0.2, 0.25) is 5.88 Å². The maximum atomic E-state index is 15.1. The summed E-state index contributed by atoms with van der Waals surface area (Å²) < 4.78 is 20.2. The van der Waals surface area contributed by atoms with Crippen LogP contribution < -0.4 is 4.74 Å². The highest BCUT2D eigenvalue weighted by molar-refractivity contribution is 5.77. The average Bonchev–Trinajstić information content (AvgIpc) is 3.19. The zero-order chi connectivity index (χ0) is 25.9. The summed E-state index contributed by atoms with van der Waals surface area (Å²) in [6.45, 7) is 2.14. The summed E-state index contributed by atoms with van der Waals surface area (Å²) in [6, 6.07) is 8.50. The first-order chi connectivity index (χ1) is 17.9. The number of pyridine rings is 1. The predicted molar refractivity (Wildman–Crippen MR) is 138 cm³/mol. The molecule has 0 amide bonds. The van der Waals surface area contributed by atoms with E-state index in [1.165, 1.54) is 13.2 Å². The van der Waals surface area contributed by atoms with E-state index in [0.29, 0.717) is 39.9 Å². The van der Waals surface area contributed by atoms with Gasteiger partial charge in [0.1, 0.15) is 17.5 Å². The number of ether oxygens (including phenoxy) is 1. The number of benzene rings is 1. The number of carboxylic acids is 1. The summed E-state index contributed by atoms with van der Waals surface area (Å²) in [5.74, 6) is 1.36. The van der Waals surface area contributed by atoms with E-state index >= 15 is 4.39 Å². The molecule has 4 aromatic rings. The lowest BCUT2D eigenvalue weighted by Crippen LogP contribution is -2.13. The van der Waals surface area contributed by atoms with Crippen LogP contribution in [0.15, 0.2) is 42.7 Å². The lowest BCUT2D eigenvalue weighted by Gasteiger charge is -2.21. The molecule has 1 aliphatic carbocycles. The summed E-state index contributed by atoms with van der Waals surface area (Å²) in [5.41, 5.74) is 2.93. The standard InChI is InChI=1S/C28H30FN5O3/c1-16(18-5-3-4-17(6-7-18)12-25(35)36)26-30-14-20(15-31-26)19-8-9-21(22(29)13-19)27-32-23-10-11-24(37-2)33-28(23)34-27/h8-11,13-18H,3-7,12H2,1-2H3,(H,35,36)(H,32,33,34). The molecule has 1 aliphatic rings. The van der Waals surface area contributed by atoms with Gasteiger partial charge in [-0.1, -0.05) is 19.4 Å². The quantitative estimate of drug-likeness (QED) is 0.297. The molecule has 3 unspecified atom stereocenters. The summed E-state index contributed by atoms with van der Waals surface area (Å²) in [4.78, 5) is 32.1. The van der Waals surface area contributed by atoms with Crippen LogP contribution in [0, 0.1) is 17.7 Å². The monoisotopic (exact) mass is 503 g/mol. The Bertz CT molecular complexity index is 1400. The van der Waals surface area contributed by atoms with E-state index in [4.69, 9.17) is 9.84 Å². The second-order valence-corrected chi connectivity index (χ2v) is 9.86. The van der Waals surface area contributed by atoms with E-state index in [0.717, 1.165) is 43.5 Å². The number of hydrogen-bond donors (Lipinski definition) is 2. The number of H-pyrrole nitrogens is 1. The molecule has 8 nitrogen and oxygen atoms in total. The summed E-state index contributed by atoms with van der Waals surface area (Å²) in [6.07, 6.45) is 8.72. The van der Waals surface area contributed by atoms with Crippen molar-refractivity contribution in [3.63, 3.8) is 0 Å². The van der Waals surface area contributed by atoms with Crippen molar-refractivity contribution in [2.45, 2.75) is 51.4 Å². The van der Waals surface area contributed by atoms with Gasteiger partial charge in [-0.15, -0.1) is 0 Å². The molecule has 5 rings (SSSR count). The molecular weight excluding hydrogens is 473 g/mol. The Morgan fingerprint density at radius 2 is 1.92 bits per heavy atom. The van der Waals surface area contributed by atoms with Gasteiger partial charge >= 0.3 is 5.97 Å². The van der Waals surface area contributed by atoms with Crippen molar-refractivity contribution in [3.05, 3.63) is 54.4 Å². The maximum Gasteiger partial charge on any atom is 0.303 e. The molecule has 2 N–H and O–H groups in total. The van der Waals surface area contributed by atoms with Crippen LogP contribution in [-0.2, 0) is 4.79 Å². The first-order valence-electron chi connectivity index (χ1n) is 12.7. The lowest BCUT2D eigenvalue weighted by atomic mass is 9.86. The van der Waals surface area contributed by atoms with Crippen LogP contribution in [-0.4, -0.2) is 43.1 Å². The summed E-state index contributed by atoms with van der Waals surface area (Å²) in [5, 5.41) is 9.11. The zero-order valence-corrected chi connectivity index (χ0v) is 20.9. The van der Waals surface area contributed by atoms with E-state index < -0.39 is 11.8 Å². The second kappa shape index (κ2) is 10.6. The smallest absolute Gasteiger partial charge is 0.303 e. The van der Waals surface area contributed by atoms with Crippen LogP contribution in [0.25, 0.3) is 33.7 Å². The number of nitrogens with one attached hydrogen (secondary N) is 1. The van der Waals surface area contributed by atoms with Gasteiger partial charge in [0.15, 0.2) is 5.65 Å². The minimum absolute atomic E-state index is 0.178. The van der Waals surface area contributed by atoms with Gasteiger partial charge in [0.25, 0.3) is 0 Å². The number of halogens is 1. The van der Waals surface area contributed by atoms with Crippen LogP contribution in [0.4, 0.5) is 4.39 Å². The zero-order valence-electron chi connectivity index (χ0n) is 20.9. The van der Waals surface area contributed by atoms with Gasteiger partial charge in [0.05, 0.1) is 18.2 Å². The molecule has 0 aliphatic heterocycles. The molecule has 9 heteroatoms. The Morgan fingerprint density at radius 1 is 1.11 bits per heavy atom. The number of methoxy groups -OCH3 is 1. The molecule has 3 atom stereocenters. The summed E-state index contributed by atoms with van der Waals surface area (Å²) in [7, 11) is 1.54. The number of aliphatic carboxylic acids is 1. The van der Waals surface area contributed by atoms with Gasteiger partial charge in [-0.25, -0.2) is 19.3 Å². The molecule has 0 bridgehead atoms. The van der Waals surface area contributed by atoms with Crippen molar-refractivity contribution in [1.82, 2.24) is 24.9 Å². The highest BCUT2D eigenvalue weighted by atomic mass is 19.1. The molecular formula is C28H30FN5O3. The third-order valence-electron chi connectivity index (χ3n) is 7.47. The van der Waals surface area contributed by atoms with Crippen LogP contribution >= 0.6 is 0 Å².